The van der Waals surface area contributed by atoms with Crippen LogP contribution in [0.1, 0.15) is 31.4 Å². The lowest BCUT2D eigenvalue weighted by atomic mass is 9.93. The van der Waals surface area contributed by atoms with Crippen LogP contribution in [-0.4, -0.2) is 13.1 Å². The first kappa shape index (κ1) is 13.5. The molecular formula is C15H21F2N. The van der Waals surface area contributed by atoms with Crippen molar-refractivity contribution in [3.8, 4) is 0 Å². The van der Waals surface area contributed by atoms with Gasteiger partial charge in [0.05, 0.1) is 0 Å². The number of hydrogen-bond donors (Lipinski definition) is 1. The van der Waals surface area contributed by atoms with E-state index in [0.29, 0.717) is 5.92 Å². The Kier molecular flexibility index (Phi) is 4.00. The summed E-state index contributed by atoms with van der Waals surface area (Å²) >= 11 is 0. The summed E-state index contributed by atoms with van der Waals surface area (Å²) in [7, 11) is 0. The molecule has 0 saturated carbocycles. The Morgan fingerprint density at radius 2 is 2.17 bits per heavy atom. The molecule has 1 unspecified atom stereocenters. The first-order valence-electron chi connectivity index (χ1n) is 6.68. The van der Waals surface area contributed by atoms with Crippen LogP contribution in [0.2, 0.25) is 0 Å². The molecule has 1 nitrogen and oxygen atoms in total. The SMILES string of the molecule is CC(C)C(F)(F)c1cccc(CC2CCNC2)c1. The average Bonchev–Trinajstić information content (AvgIpc) is 2.82. The second-order valence-corrected chi connectivity index (χ2v) is 5.54. The van der Waals surface area contributed by atoms with Crippen LogP contribution in [0.5, 0.6) is 0 Å². The van der Waals surface area contributed by atoms with Crippen molar-refractivity contribution in [2.24, 2.45) is 11.8 Å². The molecule has 1 N–H and O–H groups in total. The highest BCUT2D eigenvalue weighted by molar-refractivity contribution is 5.27. The van der Waals surface area contributed by atoms with Gasteiger partial charge < -0.3 is 5.32 Å². The lowest BCUT2D eigenvalue weighted by molar-refractivity contribution is -0.0514. The highest BCUT2D eigenvalue weighted by Gasteiger charge is 2.35. The van der Waals surface area contributed by atoms with Crippen molar-refractivity contribution < 1.29 is 8.78 Å². The predicted octanol–water partition coefficient (Wildman–Crippen LogP) is 3.59. The van der Waals surface area contributed by atoms with Gasteiger partial charge in [-0.1, -0.05) is 32.0 Å². The van der Waals surface area contributed by atoms with Crippen molar-refractivity contribution in [2.75, 3.05) is 13.1 Å². The summed E-state index contributed by atoms with van der Waals surface area (Å²) in [4.78, 5) is 0. The average molecular weight is 253 g/mol. The third-order valence-corrected chi connectivity index (χ3v) is 3.72. The Morgan fingerprint density at radius 3 is 2.78 bits per heavy atom. The zero-order valence-corrected chi connectivity index (χ0v) is 11.0. The normalized spacial score (nSPS) is 20.6. The number of nitrogens with one attached hydrogen (secondary N) is 1. The van der Waals surface area contributed by atoms with Gasteiger partial charge in [0, 0.05) is 11.5 Å². The standard InChI is InChI=1S/C15H21F2N/c1-11(2)15(16,17)14-5-3-4-12(9-14)8-13-6-7-18-10-13/h3-5,9,11,13,18H,6-8,10H2,1-2H3. The summed E-state index contributed by atoms with van der Waals surface area (Å²) in [5.41, 5.74) is 1.18. The monoisotopic (exact) mass is 253 g/mol. The van der Waals surface area contributed by atoms with Gasteiger partial charge in [0.2, 0.25) is 0 Å². The third-order valence-electron chi connectivity index (χ3n) is 3.72. The van der Waals surface area contributed by atoms with Crippen LogP contribution < -0.4 is 5.32 Å². The predicted molar refractivity (Wildman–Crippen MR) is 69.9 cm³/mol. The lowest BCUT2D eigenvalue weighted by Gasteiger charge is -2.21. The number of halogens is 2. The van der Waals surface area contributed by atoms with Gasteiger partial charge >= 0.3 is 0 Å². The minimum Gasteiger partial charge on any atom is -0.316 e. The summed E-state index contributed by atoms with van der Waals surface area (Å²) < 4.78 is 27.9. The molecule has 0 spiro atoms. The van der Waals surface area contributed by atoms with Crippen molar-refractivity contribution in [2.45, 2.75) is 32.6 Å². The van der Waals surface area contributed by atoms with Crippen LogP contribution in [0.3, 0.4) is 0 Å². The van der Waals surface area contributed by atoms with Gasteiger partial charge in [-0.25, -0.2) is 8.78 Å². The molecular weight excluding hydrogens is 232 g/mol. The summed E-state index contributed by atoms with van der Waals surface area (Å²) in [6.45, 7) is 5.18. The lowest BCUT2D eigenvalue weighted by Crippen LogP contribution is -2.21. The van der Waals surface area contributed by atoms with E-state index in [9.17, 15) is 8.78 Å². The largest absolute Gasteiger partial charge is 0.316 e. The molecule has 3 heteroatoms. The number of hydrogen-bond acceptors (Lipinski definition) is 1. The van der Waals surface area contributed by atoms with E-state index < -0.39 is 11.8 Å². The molecule has 1 saturated heterocycles. The first-order chi connectivity index (χ1) is 8.50. The quantitative estimate of drug-likeness (QED) is 0.864. The molecule has 1 fully saturated rings. The second kappa shape index (κ2) is 5.35. The molecule has 0 aliphatic carbocycles. The van der Waals surface area contributed by atoms with Crippen molar-refractivity contribution in [3.05, 3.63) is 35.4 Å². The molecule has 2 rings (SSSR count). The first-order valence-corrected chi connectivity index (χ1v) is 6.68. The third kappa shape index (κ3) is 2.89. The minimum atomic E-state index is -2.73. The van der Waals surface area contributed by atoms with Crippen molar-refractivity contribution >= 4 is 0 Å². The Morgan fingerprint density at radius 1 is 1.39 bits per heavy atom. The van der Waals surface area contributed by atoms with Gasteiger partial charge in [0.25, 0.3) is 5.92 Å². The van der Waals surface area contributed by atoms with Crippen molar-refractivity contribution in [1.29, 1.82) is 0 Å². The Balaban J connectivity index is 2.14. The van der Waals surface area contributed by atoms with Gasteiger partial charge in [-0.3, -0.25) is 0 Å². The maximum atomic E-state index is 14.0. The number of alkyl halides is 2. The Bertz CT molecular complexity index is 395. The molecule has 18 heavy (non-hydrogen) atoms. The van der Waals surface area contributed by atoms with Gasteiger partial charge in [0.15, 0.2) is 0 Å². The van der Waals surface area contributed by atoms with Gasteiger partial charge in [-0.05, 0) is 43.5 Å². The van der Waals surface area contributed by atoms with Crippen LogP contribution >= 0.6 is 0 Å². The maximum Gasteiger partial charge on any atom is 0.275 e. The van der Waals surface area contributed by atoms with Crippen LogP contribution in [0.25, 0.3) is 0 Å². The van der Waals surface area contributed by atoms with E-state index in [0.717, 1.165) is 31.5 Å². The zero-order valence-electron chi connectivity index (χ0n) is 11.0. The molecule has 100 valence electrons. The molecule has 1 atom stereocenters. The summed E-state index contributed by atoms with van der Waals surface area (Å²) in [5, 5.41) is 3.31. The van der Waals surface area contributed by atoms with Crippen LogP contribution in [0.4, 0.5) is 8.78 Å². The Hall–Kier alpha value is -0.960. The molecule has 1 heterocycles. The van der Waals surface area contributed by atoms with E-state index in [1.165, 1.54) is 6.07 Å². The molecule has 1 aliphatic rings. The molecule has 1 aromatic rings. The highest BCUT2D eigenvalue weighted by atomic mass is 19.3. The van der Waals surface area contributed by atoms with Crippen molar-refractivity contribution in [3.63, 3.8) is 0 Å². The van der Waals surface area contributed by atoms with E-state index in [2.05, 4.69) is 5.32 Å². The van der Waals surface area contributed by atoms with Gasteiger partial charge in [0.1, 0.15) is 0 Å². The fourth-order valence-electron chi connectivity index (χ4n) is 2.46. The summed E-state index contributed by atoms with van der Waals surface area (Å²) in [5.74, 6) is -2.81. The van der Waals surface area contributed by atoms with E-state index >= 15 is 0 Å². The molecule has 1 aliphatic heterocycles. The second-order valence-electron chi connectivity index (χ2n) is 5.54. The number of rotatable bonds is 4. The van der Waals surface area contributed by atoms with Gasteiger partial charge in [-0.15, -0.1) is 0 Å². The fraction of sp³-hybridized carbons (Fsp3) is 0.600. The van der Waals surface area contributed by atoms with E-state index in [1.54, 1.807) is 26.0 Å². The summed E-state index contributed by atoms with van der Waals surface area (Å²) in [6, 6.07) is 6.93. The van der Waals surface area contributed by atoms with Crippen LogP contribution in [0.15, 0.2) is 24.3 Å². The topological polar surface area (TPSA) is 12.0 Å². The van der Waals surface area contributed by atoms with E-state index in [1.807, 2.05) is 6.07 Å². The number of benzene rings is 1. The molecule has 1 aromatic carbocycles. The van der Waals surface area contributed by atoms with E-state index in [-0.39, 0.29) is 5.56 Å². The van der Waals surface area contributed by atoms with Gasteiger partial charge in [-0.2, -0.15) is 0 Å². The maximum absolute atomic E-state index is 14.0. The van der Waals surface area contributed by atoms with Crippen LogP contribution in [0, 0.1) is 11.8 Å². The smallest absolute Gasteiger partial charge is 0.275 e. The highest BCUT2D eigenvalue weighted by Crippen LogP contribution is 2.36. The van der Waals surface area contributed by atoms with Crippen LogP contribution in [-0.2, 0) is 12.3 Å². The zero-order chi connectivity index (χ0) is 13.2. The molecule has 0 amide bonds. The molecule has 0 radical (unpaired) electrons. The summed E-state index contributed by atoms with van der Waals surface area (Å²) in [6.07, 6.45) is 2.04. The fourth-order valence-corrected chi connectivity index (χ4v) is 2.46. The van der Waals surface area contributed by atoms with E-state index in [4.69, 9.17) is 0 Å². The Labute approximate surface area is 108 Å². The minimum absolute atomic E-state index is 0.154. The van der Waals surface area contributed by atoms with Crippen molar-refractivity contribution in [1.82, 2.24) is 5.32 Å². The molecule has 0 aromatic heterocycles. The molecule has 0 bridgehead atoms.